The number of aromatic nitrogens is 2. The Morgan fingerprint density at radius 2 is 1.95 bits per heavy atom. The summed E-state index contributed by atoms with van der Waals surface area (Å²) >= 11 is 0. The van der Waals surface area contributed by atoms with E-state index in [2.05, 4.69) is 21.7 Å². The largest absolute Gasteiger partial charge is 0.347 e. The van der Waals surface area contributed by atoms with Gasteiger partial charge in [0.2, 0.25) is 0 Å². The third-order valence-electron chi connectivity index (χ3n) is 3.44. The number of benzene rings is 1. The van der Waals surface area contributed by atoms with Crippen molar-refractivity contribution >= 4 is 0 Å². The third-order valence-corrected chi connectivity index (χ3v) is 3.44. The number of nitrogens with zero attached hydrogens (tertiary/aromatic N) is 2. The van der Waals surface area contributed by atoms with Crippen molar-refractivity contribution in [2.75, 3.05) is 13.2 Å². The Labute approximate surface area is 113 Å². The average molecular weight is 258 g/mol. The fraction of sp³-hybridized carbons (Fsp3) is 0.400. The first kappa shape index (κ1) is 12.4. The van der Waals surface area contributed by atoms with E-state index in [-0.39, 0.29) is 0 Å². The van der Waals surface area contributed by atoms with Gasteiger partial charge in [0.25, 0.3) is 0 Å². The van der Waals surface area contributed by atoms with Crippen LogP contribution in [0.25, 0.3) is 0 Å². The molecule has 1 fully saturated rings. The van der Waals surface area contributed by atoms with Crippen molar-refractivity contribution < 1.29 is 9.47 Å². The van der Waals surface area contributed by atoms with Crippen molar-refractivity contribution in [2.45, 2.75) is 25.2 Å². The zero-order valence-electron chi connectivity index (χ0n) is 10.9. The summed E-state index contributed by atoms with van der Waals surface area (Å²) in [5.74, 6) is -0.481. The fourth-order valence-electron chi connectivity index (χ4n) is 2.46. The van der Waals surface area contributed by atoms with E-state index in [1.165, 1.54) is 5.56 Å². The van der Waals surface area contributed by atoms with Gasteiger partial charge in [-0.05, 0) is 5.56 Å². The number of ether oxygens (including phenoxy) is 2. The minimum atomic E-state index is -0.481. The van der Waals surface area contributed by atoms with Crippen molar-refractivity contribution in [3.63, 3.8) is 0 Å². The highest BCUT2D eigenvalue weighted by molar-refractivity contribution is 5.16. The van der Waals surface area contributed by atoms with Crippen LogP contribution in [0.5, 0.6) is 0 Å². The summed E-state index contributed by atoms with van der Waals surface area (Å²) in [5, 5.41) is 0. The Kier molecular flexibility index (Phi) is 3.62. The molecule has 19 heavy (non-hydrogen) atoms. The van der Waals surface area contributed by atoms with Crippen LogP contribution in [-0.2, 0) is 22.4 Å². The molecule has 0 N–H and O–H groups in total. The normalized spacial score (nSPS) is 17.7. The standard InChI is InChI=1S/C15H18N2O2/c1-2-4-14(5-3-1)12-15(18-10-11-19-15)6-8-17-9-7-16-13-17/h1-5,7,9,13H,6,8,10-12H2. The molecule has 0 saturated carbocycles. The van der Waals surface area contributed by atoms with Crippen LogP contribution in [0.2, 0.25) is 0 Å². The van der Waals surface area contributed by atoms with Crippen LogP contribution in [0.4, 0.5) is 0 Å². The van der Waals surface area contributed by atoms with Crippen LogP contribution in [-0.4, -0.2) is 28.6 Å². The van der Waals surface area contributed by atoms with Crippen molar-refractivity contribution in [2.24, 2.45) is 0 Å². The van der Waals surface area contributed by atoms with E-state index in [9.17, 15) is 0 Å². The van der Waals surface area contributed by atoms with Gasteiger partial charge in [0.1, 0.15) is 0 Å². The minimum Gasteiger partial charge on any atom is -0.347 e. The lowest BCUT2D eigenvalue weighted by molar-refractivity contribution is -0.162. The van der Waals surface area contributed by atoms with Gasteiger partial charge < -0.3 is 14.0 Å². The Balaban J connectivity index is 1.68. The molecule has 4 heteroatoms. The molecule has 2 aromatic rings. The number of imidazole rings is 1. The van der Waals surface area contributed by atoms with E-state index in [1.54, 1.807) is 6.20 Å². The lowest BCUT2D eigenvalue weighted by Gasteiger charge is -2.27. The molecule has 0 aliphatic carbocycles. The molecule has 0 radical (unpaired) electrons. The predicted octanol–water partition coefficient (Wildman–Crippen LogP) is 2.26. The van der Waals surface area contributed by atoms with E-state index in [0.29, 0.717) is 13.2 Å². The molecular formula is C15H18N2O2. The Morgan fingerprint density at radius 1 is 1.16 bits per heavy atom. The maximum absolute atomic E-state index is 5.89. The molecule has 4 nitrogen and oxygen atoms in total. The third kappa shape index (κ3) is 3.03. The summed E-state index contributed by atoms with van der Waals surface area (Å²) in [6, 6.07) is 10.4. The monoisotopic (exact) mass is 258 g/mol. The minimum absolute atomic E-state index is 0.481. The quantitative estimate of drug-likeness (QED) is 0.825. The molecule has 0 spiro atoms. The lowest BCUT2D eigenvalue weighted by atomic mass is 10.0. The predicted molar refractivity (Wildman–Crippen MR) is 71.6 cm³/mol. The van der Waals surface area contributed by atoms with E-state index in [4.69, 9.17) is 9.47 Å². The highest BCUT2D eigenvalue weighted by Crippen LogP contribution is 2.28. The molecule has 1 aromatic heterocycles. The van der Waals surface area contributed by atoms with Gasteiger partial charge >= 0.3 is 0 Å². The first-order valence-electron chi connectivity index (χ1n) is 6.64. The highest BCUT2D eigenvalue weighted by Gasteiger charge is 2.36. The molecule has 1 aliphatic rings. The van der Waals surface area contributed by atoms with Gasteiger partial charge in [-0.2, -0.15) is 0 Å². The van der Waals surface area contributed by atoms with Crippen LogP contribution in [0.15, 0.2) is 49.1 Å². The van der Waals surface area contributed by atoms with Crippen molar-refractivity contribution in [1.29, 1.82) is 0 Å². The molecule has 0 atom stereocenters. The zero-order chi connectivity index (χ0) is 13.0. The second-order valence-electron chi connectivity index (χ2n) is 4.82. The lowest BCUT2D eigenvalue weighted by Crippen LogP contribution is -2.34. The van der Waals surface area contributed by atoms with Gasteiger partial charge in [-0.3, -0.25) is 0 Å². The maximum Gasteiger partial charge on any atom is 0.174 e. The summed E-state index contributed by atoms with van der Waals surface area (Å²) in [4.78, 5) is 4.06. The molecule has 2 heterocycles. The number of hydrogen-bond acceptors (Lipinski definition) is 3. The summed E-state index contributed by atoms with van der Waals surface area (Å²) in [7, 11) is 0. The summed E-state index contributed by atoms with van der Waals surface area (Å²) in [6.07, 6.45) is 7.21. The fourth-order valence-corrected chi connectivity index (χ4v) is 2.46. The van der Waals surface area contributed by atoms with Gasteiger partial charge in [-0.25, -0.2) is 4.98 Å². The van der Waals surface area contributed by atoms with E-state index < -0.39 is 5.79 Å². The van der Waals surface area contributed by atoms with Gasteiger partial charge in [0.15, 0.2) is 5.79 Å². The first-order valence-corrected chi connectivity index (χ1v) is 6.64. The van der Waals surface area contributed by atoms with Gasteiger partial charge in [-0.1, -0.05) is 30.3 Å². The van der Waals surface area contributed by atoms with Crippen molar-refractivity contribution in [1.82, 2.24) is 9.55 Å². The van der Waals surface area contributed by atoms with Crippen LogP contribution >= 0.6 is 0 Å². The van der Waals surface area contributed by atoms with Crippen LogP contribution in [0.1, 0.15) is 12.0 Å². The summed E-state index contributed by atoms with van der Waals surface area (Å²) < 4.78 is 13.8. The molecular weight excluding hydrogens is 240 g/mol. The molecule has 0 bridgehead atoms. The van der Waals surface area contributed by atoms with E-state index in [1.807, 2.05) is 30.7 Å². The van der Waals surface area contributed by atoms with Crippen molar-refractivity contribution in [3.05, 3.63) is 54.6 Å². The van der Waals surface area contributed by atoms with Gasteiger partial charge in [-0.15, -0.1) is 0 Å². The van der Waals surface area contributed by atoms with Crippen LogP contribution < -0.4 is 0 Å². The number of aryl methyl sites for hydroxylation is 1. The zero-order valence-corrected chi connectivity index (χ0v) is 10.9. The summed E-state index contributed by atoms with van der Waals surface area (Å²) in [6.45, 7) is 2.21. The Bertz CT molecular complexity index is 490. The van der Waals surface area contributed by atoms with E-state index in [0.717, 1.165) is 19.4 Å². The molecule has 3 rings (SSSR count). The Morgan fingerprint density at radius 3 is 2.63 bits per heavy atom. The van der Waals surface area contributed by atoms with E-state index >= 15 is 0 Å². The van der Waals surface area contributed by atoms with Crippen LogP contribution in [0.3, 0.4) is 0 Å². The van der Waals surface area contributed by atoms with Gasteiger partial charge in [0.05, 0.1) is 19.5 Å². The smallest absolute Gasteiger partial charge is 0.174 e. The summed E-state index contributed by atoms with van der Waals surface area (Å²) in [5.41, 5.74) is 1.25. The molecule has 0 unspecified atom stereocenters. The second-order valence-corrected chi connectivity index (χ2v) is 4.82. The molecule has 100 valence electrons. The molecule has 1 aliphatic heterocycles. The molecule has 1 aromatic carbocycles. The molecule has 0 amide bonds. The first-order chi connectivity index (χ1) is 9.36. The highest BCUT2D eigenvalue weighted by atomic mass is 16.7. The maximum atomic E-state index is 5.89. The second kappa shape index (κ2) is 5.55. The van der Waals surface area contributed by atoms with Crippen molar-refractivity contribution in [3.8, 4) is 0 Å². The topological polar surface area (TPSA) is 36.3 Å². The average Bonchev–Trinajstić information content (AvgIpc) is 3.09. The Hall–Kier alpha value is -1.65. The van der Waals surface area contributed by atoms with Crippen LogP contribution in [0, 0.1) is 0 Å². The van der Waals surface area contributed by atoms with Gasteiger partial charge in [0, 0.05) is 31.8 Å². The number of hydrogen-bond donors (Lipinski definition) is 0. The SMILES string of the molecule is c1ccc(CC2(CCn3ccnc3)OCCO2)cc1. The molecule has 1 saturated heterocycles. The number of rotatable bonds is 5.